The molecule has 32 heavy (non-hydrogen) atoms. The van der Waals surface area contributed by atoms with Crippen LogP contribution in [0.25, 0.3) is 6.08 Å². The number of hydrogen-bond acceptors (Lipinski definition) is 6. The fourth-order valence-corrected chi connectivity index (χ4v) is 4.97. The molecular formula is C22H27N3O6S. The van der Waals surface area contributed by atoms with Crippen molar-refractivity contribution in [2.45, 2.75) is 37.2 Å². The van der Waals surface area contributed by atoms with Gasteiger partial charge in [0, 0.05) is 39.3 Å². The number of nitrogens with zero attached hydrogens (tertiary/aromatic N) is 3. The molecule has 1 aliphatic rings. The van der Waals surface area contributed by atoms with E-state index < -0.39 is 27.2 Å². The Kier molecular flexibility index (Phi) is 7.47. The van der Waals surface area contributed by atoms with E-state index in [-0.39, 0.29) is 17.2 Å². The van der Waals surface area contributed by atoms with E-state index in [4.69, 9.17) is 4.74 Å². The predicted molar refractivity (Wildman–Crippen MR) is 119 cm³/mol. The number of carbonyl (C=O) groups is 1. The molecule has 10 heteroatoms. The van der Waals surface area contributed by atoms with E-state index in [0.29, 0.717) is 18.7 Å². The summed E-state index contributed by atoms with van der Waals surface area (Å²) in [6.45, 7) is 0.849. The molecule has 2 heterocycles. The number of benzene rings is 1. The van der Waals surface area contributed by atoms with Crippen LogP contribution in [0.4, 0.5) is 0 Å². The highest BCUT2D eigenvalue weighted by Crippen LogP contribution is 2.21. The molecule has 0 aliphatic carbocycles. The summed E-state index contributed by atoms with van der Waals surface area (Å²) >= 11 is 0. The van der Waals surface area contributed by atoms with Crippen LogP contribution in [0.3, 0.4) is 0 Å². The summed E-state index contributed by atoms with van der Waals surface area (Å²) in [5.41, 5.74) is -0.0695. The van der Waals surface area contributed by atoms with Gasteiger partial charge in [-0.05, 0) is 36.6 Å². The third-order valence-corrected chi connectivity index (χ3v) is 7.40. The lowest BCUT2D eigenvalue weighted by molar-refractivity contribution is -0.139. The second-order valence-corrected chi connectivity index (χ2v) is 9.64. The molecule has 0 amide bonds. The molecule has 1 aliphatic heterocycles. The summed E-state index contributed by atoms with van der Waals surface area (Å²) in [6.07, 6.45) is 6.54. The average molecular weight is 462 g/mol. The molecule has 1 fully saturated rings. The van der Waals surface area contributed by atoms with E-state index in [1.165, 1.54) is 53.3 Å². The molecule has 0 saturated carbocycles. The van der Waals surface area contributed by atoms with Gasteiger partial charge in [-0.2, -0.15) is 4.31 Å². The smallest absolute Gasteiger partial charge is 0.331 e. The van der Waals surface area contributed by atoms with Crippen molar-refractivity contribution in [2.24, 2.45) is 14.1 Å². The number of aromatic nitrogens is 2. The molecular weight excluding hydrogens is 434 g/mol. The zero-order valence-electron chi connectivity index (χ0n) is 18.2. The van der Waals surface area contributed by atoms with Gasteiger partial charge in [0.15, 0.2) is 0 Å². The van der Waals surface area contributed by atoms with Crippen LogP contribution in [-0.2, 0) is 40.3 Å². The monoisotopic (exact) mass is 461 g/mol. The van der Waals surface area contributed by atoms with Crippen LogP contribution in [0, 0.1) is 0 Å². The maximum Gasteiger partial charge on any atom is 0.331 e. The Morgan fingerprint density at radius 1 is 1.00 bits per heavy atom. The Labute approximate surface area is 186 Å². The fraction of sp³-hybridized carbons (Fsp3) is 0.409. The summed E-state index contributed by atoms with van der Waals surface area (Å²) in [6, 6.07) is 7.54. The first kappa shape index (κ1) is 23.7. The molecule has 0 radical (unpaired) electrons. The average Bonchev–Trinajstić information content (AvgIpc) is 3.08. The van der Waals surface area contributed by atoms with Crippen molar-refractivity contribution in [1.29, 1.82) is 0 Å². The topological polar surface area (TPSA) is 108 Å². The summed E-state index contributed by atoms with van der Waals surface area (Å²) in [4.78, 5) is 35.9. The first-order valence-corrected chi connectivity index (χ1v) is 11.8. The standard InChI is InChI=1S/C22H27N3O6S/c1-23-18(15-20(26)24(2)22(23)28)16-31-21(27)12-9-17-7-10-19(11-8-17)32(29,30)25-13-5-3-4-6-14-25/h7-12,15H,3-6,13-14,16H2,1-2H3/b12-9+. The summed E-state index contributed by atoms with van der Waals surface area (Å²) < 4.78 is 34.5. The van der Waals surface area contributed by atoms with Crippen molar-refractivity contribution in [3.63, 3.8) is 0 Å². The van der Waals surface area contributed by atoms with Gasteiger partial charge in [0.1, 0.15) is 6.61 Å². The van der Waals surface area contributed by atoms with Gasteiger partial charge in [-0.1, -0.05) is 25.0 Å². The van der Waals surface area contributed by atoms with E-state index in [0.717, 1.165) is 30.3 Å². The van der Waals surface area contributed by atoms with Crippen molar-refractivity contribution < 1.29 is 17.9 Å². The fourth-order valence-electron chi connectivity index (χ4n) is 3.46. The van der Waals surface area contributed by atoms with E-state index in [1.54, 1.807) is 12.1 Å². The third kappa shape index (κ3) is 5.43. The Balaban J connectivity index is 1.63. The summed E-state index contributed by atoms with van der Waals surface area (Å²) in [5, 5.41) is 0. The third-order valence-electron chi connectivity index (χ3n) is 5.48. The molecule has 2 aromatic rings. The number of carbonyl (C=O) groups excluding carboxylic acids is 1. The summed E-state index contributed by atoms with van der Waals surface area (Å²) in [5.74, 6) is -0.653. The molecule has 9 nitrogen and oxygen atoms in total. The van der Waals surface area contributed by atoms with Gasteiger partial charge in [0.2, 0.25) is 10.0 Å². The largest absolute Gasteiger partial charge is 0.456 e. The Morgan fingerprint density at radius 2 is 1.62 bits per heavy atom. The second kappa shape index (κ2) is 10.1. The molecule has 1 aromatic carbocycles. The minimum atomic E-state index is -3.52. The highest BCUT2D eigenvalue weighted by atomic mass is 32.2. The van der Waals surface area contributed by atoms with Crippen molar-refractivity contribution in [3.05, 3.63) is 68.5 Å². The molecule has 3 rings (SSSR count). The van der Waals surface area contributed by atoms with Crippen molar-refractivity contribution in [2.75, 3.05) is 13.1 Å². The van der Waals surface area contributed by atoms with Gasteiger partial charge in [-0.25, -0.2) is 18.0 Å². The molecule has 1 saturated heterocycles. The van der Waals surface area contributed by atoms with Gasteiger partial charge >= 0.3 is 11.7 Å². The molecule has 0 N–H and O–H groups in total. The van der Waals surface area contributed by atoms with Crippen molar-refractivity contribution in [1.82, 2.24) is 13.4 Å². The minimum absolute atomic E-state index is 0.224. The normalized spacial score (nSPS) is 15.6. The number of rotatable bonds is 6. The van der Waals surface area contributed by atoms with Crippen LogP contribution >= 0.6 is 0 Å². The van der Waals surface area contributed by atoms with Gasteiger partial charge < -0.3 is 4.74 Å². The maximum absolute atomic E-state index is 12.8. The van der Waals surface area contributed by atoms with Crippen molar-refractivity contribution in [3.8, 4) is 0 Å². The van der Waals surface area contributed by atoms with Crippen LogP contribution in [-0.4, -0.2) is 40.9 Å². The van der Waals surface area contributed by atoms with E-state index >= 15 is 0 Å². The Hall–Kier alpha value is -2.98. The number of esters is 1. The SMILES string of the molecule is Cn1c(COC(=O)/C=C/c2ccc(S(=O)(=O)N3CCCCCC3)cc2)cc(=O)n(C)c1=O. The number of ether oxygens (including phenoxy) is 1. The lowest BCUT2D eigenvalue weighted by Gasteiger charge is -2.19. The van der Waals surface area contributed by atoms with Gasteiger partial charge in [0.05, 0.1) is 10.6 Å². The molecule has 0 bridgehead atoms. The number of hydrogen-bond donors (Lipinski definition) is 0. The lowest BCUT2D eigenvalue weighted by atomic mass is 10.2. The van der Waals surface area contributed by atoms with Crippen LogP contribution in [0.5, 0.6) is 0 Å². The second-order valence-electron chi connectivity index (χ2n) is 7.70. The van der Waals surface area contributed by atoms with Crippen molar-refractivity contribution >= 4 is 22.1 Å². The van der Waals surface area contributed by atoms with E-state index in [9.17, 15) is 22.8 Å². The first-order valence-electron chi connectivity index (χ1n) is 10.4. The van der Waals surface area contributed by atoms with Crippen LogP contribution < -0.4 is 11.2 Å². The highest BCUT2D eigenvalue weighted by Gasteiger charge is 2.24. The van der Waals surface area contributed by atoms with Gasteiger partial charge in [-0.15, -0.1) is 0 Å². The van der Waals surface area contributed by atoms with E-state index in [2.05, 4.69) is 0 Å². The minimum Gasteiger partial charge on any atom is -0.456 e. The zero-order valence-corrected chi connectivity index (χ0v) is 19.0. The number of sulfonamides is 1. The Morgan fingerprint density at radius 3 is 2.25 bits per heavy atom. The maximum atomic E-state index is 12.8. The van der Waals surface area contributed by atoms with Crippen LogP contribution in [0.1, 0.15) is 36.9 Å². The molecule has 1 aromatic heterocycles. The first-order chi connectivity index (χ1) is 15.2. The lowest BCUT2D eigenvalue weighted by Crippen LogP contribution is -2.38. The summed E-state index contributed by atoms with van der Waals surface area (Å²) in [7, 11) is -0.668. The molecule has 172 valence electrons. The quantitative estimate of drug-likeness (QED) is 0.475. The van der Waals surface area contributed by atoms with Gasteiger partial charge in [-0.3, -0.25) is 13.9 Å². The zero-order chi connectivity index (χ0) is 23.3. The van der Waals surface area contributed by atoms with Crippen LogP contribution in [0.15, 0.2) is 50.9 Å². The Bertz CT molecular complexity index is 1220. The molecule has 0 atom stereocenters. The van der Waals surface area contributed by atoms with Crippen LogP contribution in [0.2, 0.25) is 0 Å². The van der Waals surface area contributed by atoms with Gasteiger partial charge in [0.25, 0.3) is 5.56 Å². The molecule has 0 unspecified atom stereocenters. The highest BCUT2D eigenvalue weighted by molar-refractivity contribution is 7.89. The van der Waals surface area contributed by atoms with E-state index in [1.807, 2.05) is 0 Å². The molecule has 0 spiro atoms. The predicted octanol–water partition coefficient (Wildman–Crippen LogP) is 1.41.